The summed E-state index contributed by atoms with van der Waals surface area (Å²) < 4.78 is 57.5. The SMILES string of the molecule is O=[SH](=O)c1ccc(Cl)c(C(F)(F)F)c1. The van der Waals surface area contributed by atoms with E-state index in [0.29, 0.717) is 6.07 Å². The Morgan fingerprint density at radius 1 is 1.21 bits per heavy atom. The van der Waals surface area contributed by atoms with Gasteiger partial charge < -0.3 is 0 Å². The molecule has 0 spiro atoms. The fourth-order valence-corrected chi connectivity index (χ4v) is 1.50. The van der Waals surface area contributed by atoms with Crippen molar-refractivity contribution in [1.29, 1.82) is 0 Å². The molecule has 0 aliphatic carbocycles. The van der Waals surface area contributed by atoms with Gasteiger partial charge in [0.1, 0.15) is 0 Å². The first kappa shape index (κ1) is 11.3. The second kappa shape index (κ2) is 3.78. The molecular formula is C7H4ClF3O2S. The molecule has 0 saturated heterocycles. The molecule has 0 N–H and O–H groups in total. The van der Waals surface area contributed by atoms with Crippen LogP contribution in [0.5, 0.6) is 0 Å². The average molecular weight is 245 g/mol. The van der Waals surface area contributed by atoms with Crippen molar-refractivity contribution in [1.82, 2.24) is 0 Å². The van der Waals surface area contributed by atoms with Crippen molar-refractivity contribution in [2.45, 2.75) is 11.1 Å². The minimum atomic E-state index is -4.64. The number of hydrogen-bond donors (Lipinski definition) is 1. The van der Waals surface area contributed by atoms with Crippen LogP contribution in [0, 0.1) is 0 Å². The Balaban J connectivity index is 3.36. The zero-order valence-corrected chi connectivity index (χ0v) is 8.16. The maximum atomic E-state index is 12.2. The molecule has 14 heavy (non-hydrogen) atoms. The summed E-state index contributed by atoms with van der Waals surface area (Å²) >= 11 is 5.27. The first-order chi connectivity index (χ1) is 6.32. The highest BCUT2D eigenvalue weighted by Gasteiger charge is 2.33. The predicted molar refractivity (Wildman–Crippen MR) is 45.0 cm³/mol. The largest absolute Gasteiger partial charge is 0.417 e. The Hall–Kier alpha value is -0.750. The second-order valence-electron chi connectivity index (χ2n) is 2.42. The molecule has 0 aliphatic rings. The normalized spacial score (nSPS) is 12.1. The number of alkyl halides is 3. The molecule has 1 aromatic rings. The van der Waals surface area contributed by atoms with Gasteiger partial charge in [-0.2, -0.15) is 13.2 Å². The van der Waals surface area contributed by atoms with Crippen LogP contribution in [0.3, 0.4) is 0 Å². The maximum absolute atomic E-state index is 12.2. The highest BCUT2D eigenvalue weighted by Crippen LogP contribution is 2.35. The molecular weight excluding hydrogens is 241 g/mol. The van der Waals surface area contributed by atoms with Gasteiger partial charge in [-0.05, 0) is 18.2 Å². The Morgan fingerprint density at radius 3 is 2.21 bits per heavy atom. The third kappa shape index (κ3) is 2.39. The van der Waals surface area contributed by atoms with E-state index in [1.165, 1.54) is 0 Å². The Bertz CT molecular complexity index is 417. The summed E-state index contributed by atoms with van der Waals surface area (Å²) in [5.41, 5.74) is -1.14. The van der Waals surface area contributed by atoms with Crippen molar-refractivity contribution >= 4 is 22.3 Å². The lowest BCUT2D eigenvalue weighted by Gasteiger charge is -2.08. The van der Waals surface area contributed by atoms with E-state index in [1.807, 2.05) is 0 Å². The lowest BCUT2D eigenvalue weighted by atomic mass is 10.2. The van der Waals surface area contributed by atoms with Gasteiger partial charge in [0.15, 0.2) is 10.7 Å². The van der Waals surface area contributed by atoms with Gasteiger partial charge in [0, 0.05) is 0 Å². The summed E-state index contributed by atoms with van der Waals surface area (Å²) in [6.45, 7) is 0. The molecule has 0 aliphatic heterocycles. The van der Waals surface area contributed by atoms with Crippen molar-refractivity contribution in [3.63, 3.8) is 0 Å². The number of thiol groups is 1. The van der Waals surface area contributed by atoms with Crippen LogP contribution in [0.25, 0.3) is 0 Å². The monoisotopic (exact) mass is 244 g/mol. The number of hydrogen-bond acceptors (Lipinski definition) is 2. The third-order valence-electron chi connectivity index (χ3n) is 1.47. The van der Waals surface area contributed by atoms with Gasteiger partial charge in [-0.3, -0.25) is 0 Å². The zero-order chi connectivity index (χ0) is 10.9. The van der Waals surface area contributed by atoms with Crippen molar-refractivity contribution in [3.05, 3.63) is 28.8 Å². The summed E-state index contributed by atoms with van der Waals surface area (Å²) in [5.74, 6) is 0. The fourth-order valence-electron chi connectivity index (χ4n) is 0.844. The summed E-state index contributed by atoms with van der Waals surface area (Å²) in [5, 5.41) is -0.516. The van der Waals surface area contributed by atoms with E-state index in [9.17, 15) is 21.6 Å². The van der Waals surface area contributed by atoms with Crippen molar-refractivity contribution < 1.29 is 21.6 Å². The molecule has 0 unspecified atom stereocenters. The molecule has 7 heteroatoms. The lowest BCUT2D eigenvalue weighted by molar-refractivity contribution is -0.137. The van der Waals surface area contributed by atoms with E-state index in [4.69, 9.17) is 11.6 Å². The van der Waals surface area contributed by atoms with Crippen LogP contribution in [-0.4, -0.2) is 8.42 Å². The Kier molecular flexibility index (Phi) is 3.06. The van der Waals surface area contributed by atoms with Crippen molar-refractivity contribution in [2.24, 2.45) is 0 Å². The molecule has 78 valence electrons. The molecule has 0 saturated carbocycles. The minimum absolute atomic E-state index is 0.406. The van der Waals surface area contributed by atoms with Crippen LogP contribution in [-0.2, 0) is 16.9 Å². The first-order valence-electron chi connectivity index (χ1n) is 3.33. The van der Waals surface area contributed by atoms with Crippen molar-refractivity contribution in [2.75, 3.05) is 0 Å². The molecule has 0 bridgehead atoms. The molecule has 0 amide bonds. The topological polar surface area (TPSA) is 34.1 Å². The number of halogens is 4. The van der Waals surface area contributed by atoms with Gasteiger partial charge in [0.2, 0.25) is 0 Å². The van der Waals surface area contributed by atoms with Crippen LogP contribution in [0.4, 0.5) is 13.2 Å². The van der Waals surface area contributed by atoms with Gasteiger partial charge >= 0.3 is 6.18 Å². The second-order valence-corrected chi connectivity index (χ2v) is 3.86. The van der Waals surface area contributed by atoms with Gasteiger partial charge in [-0.15, -0.1) is 0 Å². The highest BCUT2D eigenvalue weighted by molar-refractivity contribution is 7.72. The summed E-state index contributed by atoms with van der Waals surface area (Å²) in [4.78, 5) is -0.406. The maximum Gasteiger partial charge on any atom is 0.417 e. The van der Waals surface area contributed by atoms with E-state index >= 15 is 0 Å². The van der Waals surface area contributed by atoms with Crippen LogP contribution >= 0.6 is 11.6 Å². The minimum Gasteiger partial charge on any atom is -0.227 e. The molecule has 0 heterocycles. The molecule has 1 aromatic carbocycles. The molecule has 0 atom stereocenters. The third-order valence-corrected chi connectivity index (χ3v) is 2.50. The number of rotatable bonds is 1. The van der Waals surface area contributed by atoms with Gasteiger partial charge in [-0.25, -0.2) is 8.42 Å². The molecule has 2 nitrogen and oxygen atoms in total. The van der Waals surface area contributed by atoms with E-state index in [2.05, 4.69) is 0 Å². The van der Waals surface area contributed by atoms with Crippen LogP contribution < -0.4 is 0 Å². The van der Waals surface area contributed by atoms with E-state index in [1.54, 1.807) is 0 Å². The van der Waals surface area contributed by atoms with Crippen molar-refractivity contribution in [3.8, 4) is 0 Å². The first-order valence-corrected chi connectivity index (χ1v) is 4.89. The highest BCUT2D eigenvalue weighted by atomic mass is 35.5. The van der Waals surface area contributed by atoms with Gasteiger partial charge in [0.05, 0.1) is 15.5 Å². The summed E-state index contributed by atoms with van der Waals surface area (Å²) in [6, 6.07) is 2.43. The Morgan fingerprint density at radius 2 is 1.79 bits per heavy atom. The quantitative estimate of drug-likeness (QED) is 0.770. The molecule has 0 fully saturated rings. The molecule has 1 rings (SSSR count). The smallest absolute Gasteiger partial charge is 0.227 e. The standard InChI is InChI=1S/C7H4ClF3O2S/c8-6-2-1-4(14(12)13)3-5(6)7(9,10)11/h1-3,14H. The fraction of sp³-hybridized carbons (Fsp3) is 0.143. The summed E-state index contributed by atoms with van der Waals surface area (Å²) in [6.07, 6.45) is -4.64. The summed E-state index contributed by atoms with van der Waals surface area (Å²) in [7, 11) is -3.03. The number of benzene rings is 1. The van der Waals surface area contributed by atoms with Crippen LogP contribution in [0.1, 0.15) is 5.56 Å². The van der Waals surface area contributed by atoms with Gasteiger partial charge in [-0.1, -0.05) is 11.6 Å². The average Bonchev–Trinajstić information content (AvgIpc) is 2.02. The lowest BCUT2D eigenvalue weighted by Crippen LogP contribution is -2.06. The molecule has 0 radical (unpaired) electrons. The Labute approximate surface area is 84.3 Å². The van der Waals surface area contributed by atoms with Gasteiger partial charge in [0.25, 0.3) is 0 Å². The van der Waals surface area contributed by atoms with Crippen LogP contribution in [0.2, 0.25) is 5.02 Å². The van der Waals surface area contributed by atoms with E-state index in [-0.39, 0.29) is 0 Å². The predicted octanol–water partition coefficient (Wildman–Crippen LogP) is 2.33. The van der Waals surface area contributed by atoms with E-state index in [0.717, 1.165) is 12.1 Å². The van der Waals surface area contributed by atoms with E-state index < -0.39 is 32.4 Å². The zero-order valence-electron chi connectivity index (χ0n) is 6.51. The van der Waals surface area contributed by atoms with Crippen LogP contribution in [0.15, 0.2) is 23.1 Å². The molecule has 0 aromatic heterocycles.